The molecular formula is C21H34O4. The number of carboxylic acid groups (broad SMARTS) is 1. The smallest absolute Gasteiger partial charge is 0.303 e. The van der Waals surface area contributed by atoms with Gasteiger partial charge in [-0.15, -0.1) is 0 Å². The van der Waals surface area contributed by atoms with Gasteiger partial charge in [-0.25, -0.2) is 0 Å². The van der Waals surface area contributed by atoms with E-state index in [9.17, 15) is 15.0 Å². The second kappa shape index (κ2) is 12.0. The van der Waals surface area contributed by atoms with Crippen LogP contribution in [0.4, 0.5) is 0 Å². The first-order valence-electron chi connectivity index (χ1n) is 9.54. The molecule has 1 saturated carbocycles. The summed E-state index contributed by atoms with van der Waals surface area (Å²) in [4.78, 5) is 10.5. The van der Waals surface area contributed by atoms with Crippen LogP contribution in [0.25, 0.3) is 0 Å². The Balaban J connectivity index is 2.48. The Morgan fingerprint density at radius 2 is 2.08 bits per heavy atom. The van der Waals surface area contributed by atoms with Crippen LogP contribution in [0.15, 0.2) is 36.5 Å². The quantitative estimate of drug-likeness (QED) is 0.363. The molecule has 1 aliphatic rings. The van der Waals surface area contributed by atoms with Crippen molar-refractivity contribution in [3.05, 3.63) is 36.5 Å². The summed E-state index contributed by atoms with van der Waals surface area (Å²) in [5, 5.41) is 28.9. The van der Waals surface area contributed by atoms with Gasteiger partial charge in [0.25, 0.3) is 0 Å². The van der Waals surface area contributed by atoms with Crippen molar-refractivity contribution in [1.82, 2.24) is 0 Å². The van der Waals surface area contributed by atoms with E-state index in [1.54, 1.807) is 0 Å². The van der Waals surface area contributed by atoms with E-state index in [4.69, 9.17) is 5.11 Å². The summed E-state index contributed by atoms with van der Waals surface area (Å²) < 4.78 is 0. The lowest BCUT2D eigenvalue weighted by molar-refractivity contribution is -0.137. The maximum absolute atomic E-state index is 10.5. The first kappa shape index (κ1) is 21.7. The molecule has 0 aromatic carbocycles. The van der Waals surface area contributed by atoms with Crippen LogP contribution in [0.5, 0.6) is 0 Å². The summed E-state index contributed by atoms with van der Waals surface area (Å²) in [6, 6.07) is 0. The average Bonchev–Trinajstić information content (AvgIpc) is 2.82. The fourth-order valence-corrected chi connectivity index (χ4v) is 3.37. The number of rotatable bonds is 12. The van der Waals surface area contributed by atoms with Gasteiger partial charge in [0.1, 0.15) is 0 Å². The number of hydrogen-bond acceptors (Lipinski definition) is 3. The zero-order valence-corrected chi connectivity index (χ0v) is 15.4. The van der Waals surface area contributed by atoms with Gasteiger partial charge >= 0.3 is 5.97 Å². The summed E-state index contributed by atoms with van der Waals surface area (Å²) >= 11 is 0. The van der Waals surface area contributed by atoms with Crippen molar-refractivity contribution in [2.75, 3.05) is 0 Å². The van der Waals surface area contributed by atoms with Crippen LogP contribution < -0.4 is 0 Å². The van der Waals surface area contributed by atoms with Gasteiger partial charge in [-0.05, 0) is 38.0 Å². The number of carboxylic acids is 1. The van der Waals surface area contributed by atoms with Gasteiger partial charge in [0.05, 0.1) is 12.2 Å². The number of aliphatic hydroxyl groups excluding tert-OH is 2. The van der Waals surface area contributed by atoms with Crippen LogP contribution in [0.3, 0.4) is 0 Å². The molecule has 0 unspecified atom stereocenters. The van der Waals surface area contributed by atoms with E-state index in [1.807, 2.05) is 24.3 Å². The molecule has 1 rings (SSSR count). The summed E-state index contributed by atoms with van der Waals surface area (Å²) in [5.74, 6) is -0.583. The third-order valence-corrected chi connectivity index (χ3v) is 4.88. The average molecular weight is 350 g/mol. The lowest BCUT2D eigenvalue weighted by atomic mass is 9.89. The van der Waals surface area contributed by atoms with Gasteiger partial charge in [0.15, 0.2) is 0 Å². The number of aliphatic carboxylic acids is 1. The lowest BCUT2D eigenvalue weighted by Gasteiger charge is -2.18. The van der Waals surface area contributed by atoms with Crippen molar-refractivity contribution in [2.45, 2.75) is 76.9 Å². The Bertz CT molecular complexity index is 467. The third-order valence-electron chi connectivity index (χ3n) is 4.88. The van der Waals surface area contributed by atoms with Crippen LogP contribution in [0.2, 0.25) is 0 Å². The van der Waals surface area contributed by atoms with Crippen molar-refractivity contribution in [2.24, 2.45) is 11.8 Å². The predicted molar refractivity (Wildman–Crippen MR) is 101 cm³/mol. The molecule has 0 saturated heterocycles. The lowest BCUT2D eigenvalue weighted by Crippen LogP contribution is -2.18. The van der Waals surface area contributed by atoms with E-state index >= 15 is 0 Å². The molecule has 0 aromatic heterocycles. The third kappa shape index (κ3) is 8.50. The molecule has 0 amide bonds. The largest absolute Gasteiger partial charge is 0.481 e. The summed E-state index contributed by atoms with van der Waals surface area (Å²) in [6.45, 7) is 6.23. The first-order valence-corrected chi connectivity index (χ1v) is 9.54. The van der Waals surface area contributed by atoms with Crippen LogP contribution in [-0.4, -0.2) is 33.5 Å². The summed E-state index contributed by atoms with van der Waals surface area (Å²) in [5.41, 5.74) is 1.02. The zero-order chi connectivity index (χ0) is 18.7. The van der Waals surface area contributed by atoms with Crippen molar-refractivity contribution < 1.29 is 20.1 Å². The van der Waals surface area contributed by atoms with Gasteiger partial charge in [-0.2, -0.15) is 0 Å². The van der Waals surface area contributed by atoms with Crippen molar-refractivity contribution in [3.63, 3.8) is 0 Å². The maximum Gasteiger partial charge on any atom is 0.303 e. The highest BCUT2D eigenvalue weighted by molar-refractivity contribution is 5.66. The van der Waals surface area contributed by atoms with E-state index in [1.165, 1.54) is 0 Å². The first-order chi connectivity index (χ1) is 12.0. The minimum atomic E-state index is -0.765. The van der Waals surface area contributed by atoms with E-state index in [-0.39, 0.29) is 18.3 Å². The number of carbonyl (C=O) groups is 1. The molecular weight excluding hydrogens is 316 g/mol. The number of hydrogen-bond donors (Lipinski definition) is 3. The molecule has 4 atom stereocenters. The second-order valence-electron chi connectivity index (χ2n) is 7.06. The van der Waals surface area contributed by atoms with Crippen LogP contribution in [-0.2, 0) is 4.79 Å². The highest BCUT2D eigenvalue weighted by atomic mass is 16.4. The molecule has 25 heavy (non-hydrogen) atoms. The van der Waals surface area contributed by atoms with Crippen molar-refractivity contribution in [3.8, 4) is 0 Å². The van der Waals surface area contributed by atoms with Crippen LogP contribution >= 0.6 is 0 Å². The van der Waals surface area contributed by atoms with Crippen LogP contribution in [0.1, 0.15) is 64.7 Å². The minimum Gasteiger partial charge on any atom is -0.481 e. The Labute approximate surface area is 152 Å². The molecule has 3 N–H and O–H groups in total. The highest BCUT2D eigenvalue weighted by Crippen LogP contribution is 2.39. The molecule has 1 aliphatic carbocycles. The Kier molecular flexibility index (Phi) is 10.4. The Hall–Kier alpha value is -1.39. The SMILES string of the molecule is C=C1C[C@H](O)[C@@H](C/C=C\CCCC(=O)O)[C@H]1/C=C/[C@H](O)CCCCC. The van der Waals surface area contributed by atoms with Crippen molar-refractivity contribution in [1.29, 1.82) is 0 Å². The molecule has 142 valence electrons. The molecule has 4 nitrogen and oxygen atoms in total. The normalized spacial score (nSPS) is 25.2. The van der Waals surface area contributed by atoms with Crippen molar-refractivity contribution >= 4 is 5.97 Å². The zero-order valence-electron chi connectivity index (χ0n) is 15.4. The van der Waals surface area contributed by atoms with E-state index < -0.39 is 18.2 Å². The molecule has 4 heteroatoms. The monoisotopic (exact) mass is 350 g/mol. The number of aliphatic hydroxyl groups is 2. The summed E-state index contributed by atoms with van der Waals surface area (Å²) in [7, 11) is 0. The molecule has 0 aromatic rings. The topological polar surface area (TPSA) is 77.8 Å². The molecule has 0 spiro atoms. The molecule has 0 heterocycles. The molecule has 0 radical (unpaired) electrons. The van der Waals surface area contributed by atoms with Gasteiger partial charge < -0.3 is 15.3 Å². The molecule has 0 bridgehead atoms. The number of allylic oxidation sites excluding steroid dienone is 3. The fraction of sp³-hybridized carbons (Fsp3) is 0.667. The van der Waals surface area contributed by atoms with Crippen LogP contribution in [0, 0.1) is 11.8 Å². The van der Waals surface area contributed by atoms with Gasteiger partial charge in [0, 0.05) is 12.3 Å². The molecule has 1 fully saturated rings. The second-order valence-corrected chi connectivity index (χ2v) is 7.06. The number of unbranched alkanes of at least 4 members (excludes halogenated alkanes) is 3. The Morgan fingerprint density at radius 1 is 1.32 bits per heavy atom. The van der Waals surface area contributed by atoms with Gasteiger partial charge in [-0.3, -0.25) is 4.79 Å². The minimum absolute atomic E-state index is 0.0855. The summed E-state index contributed by atoms with van der Waals surface area (Å²) in [6.07, 6.45) is 14.1. The van der Waals surface area contributed by atoms with E-state index in [0.29, 0.717) is 12.8 Å². The fourth-order valence-electron chi connectivity index (χ4n) is 3.37. The highest BCUT2D eigenvalue weighted by Gasteiger charge is 2.35. The maximum atomic E-state index is 10.5. The van der Waals surface area contributed by atoms with Gasteiger partial charge in [-0.1, -0.05) is 62.6 Å². The predicted octanol–water partition coefficient (Wildman–Crippen LogP) is 4.24. The molecule has 0 aliphatic heterocycles. The van der Waals surface area contributed by atoms with Gasteiger partial charge in [0.2, 0.25) is 0 Å². The van der Waals surface area contributed by atoms with E-state index in [2.05, 4.69) is 13.5 Å². The standard InChI is InChI=1S/C21H34O4/c1-3-4-7-10-17(22)13-14-18-16(2)15-20(23)19(18)11-8-5-6-9-12-21(24)25/h5,8,13-14,17-20,22-23H,2-4,6-7,9-12,15H2,1H3,(H,24,25)/b8-5-,14-13+/t17-,18+,19+,20+/m1/s1. The van der Waals surface area contributed by atoms with E-state index in [0.717, 1.165) is 44.1 Å². The Morgan fingerprint density at radius 3 is 2.76 bits per heavy atom.